The van der Waals surface area contributed by atoms with Crippen LogP contribution in [0.15, 0.2) is 24.3 Å². The smallest absolute Gasteiger partial charge is 0.335 e. The summed E-state index contributed by atoms with van der Waals surface area (Å²) in [5, 5.41) is 8.95. The van der Waals surface area contributed by atoms with Gasteiger partial charge in [-0.25, -0.2) is 31.1 Å². The molecule has 9 heteroatoms. The van der Waals surface area contributed by atoms with Crippen molar-refractivity contribution in [3.63, 3.8) is 0 Å². The Bertz CT molecular complexity index is 572. The largest absolute Gasteiger partial charge is 0.478 e. The van der Waals surface area contributed by atoms with Crippen LogP contribution in [0.3, 0.4) is 0 Å². The molecule has 6 atom stereocenters. The number of carboxylic acid groups (broad SMARTS) is 1. The third-order valence-electron chi connectivity index (χ3n) is 3.88. The van der Waals surface area contributed by atoms with Crippen LogP contribution >= 0.6 is 0 Å². The highest BCUT2D eigenvalue weighted by atomic mass is 19.2. The Hall–Kier alpha value is -1.80. The molecular formula is C17H19F7O2. The number of aromatic carboxylic acids is 1. The van der Waals surface area contributed by atoms with E-state index in [1.54, 1.807) is 0 Å². The number of carbonyl (C=O) groups is 1. The zero-order valence-electron chi connectivity index (χ0n) is 13.6. The van der Waals surface area contributed by atoms with Crippen molar-refractivity contribution in [3.05, 3.63) is 35.4 Å². The molecule has 0 fully saturated rings. The van der Waals surface area contributed by atoms with Crippen molar-refractivity contribution in [2.24, 2.45) is 0 Å². The lowest BCUT2D eigenvalue weighted by atomic mass is 9.95. The Morgan fingerprint density at radius 2 is 1.42 bits per heavy atom. The molecule has 148 valence electrons. The molecule has 0 saturated heterocycles. The standard InChI is InChI=1S/C17H19F7O2/c18-7-3-6-11(19)13(21)15(23)16(24)14(22)12(20)8-9-4-1-2-5-10(9)17(25)26/h1-2,4-5,11-16H,3,6-8H2,(H,25,26). The fourth-order valence-electron chi connectivity index (χ4n) is 2.41. The van der Waals surface area contributed by atoms with Gasteiger partial charge in [0.15, 0.2) is 24.7 Å². The van der Waals surface area contributed by atoms with Gasteiger partial charge >= 0.3 is 5.97 Å². The van der Waals surface area contributed by atoms with Crippen molar-refractivity contribution in [2.75, 3.05) is 6.67 Å². The van der Waals surface area contributed by atoms with Crippen LogP contribution in [0.4, 0.5) is 30.7 Å². The van der Waals surface area contributed by atoms with E-state index < -0.39 is 68.9 Å². The van der Waals surface area contributed by atoms with Gasteiger partial charge in [-0.05, 0) is 24.5 Å². The summed E-state index contributed by atoms with van der Waals surface area (Å²) in [6, 6.07) is 4.99. The summed E-state index contributed by atoms with van der Waals surface area (Å²) in [7, 11) is 0. The Morgan fingerprint density at radius 3 is 1.96 bits per heavy atom. The normalized spacial score (nSPS) is 18.6. The van der Waals surface area contributed by atoms with Gasteiger partial charge in [0, 0.05) is 6.42 Å². The van der Waals surface area contributed by atoms with E-state index in [1.807, 2.05) is 0 Å². The third-order valence-corrected chi connectivity index (χ3v) is 3.88. The van der Waals surface area contributed by atoms with E-state index in [0.717, 1.165) is 6.07 Å². The van der Waals surface area contributed by atoms with Crippen LogP contribution < -0.4 is 0 Å². The van der Waals surface area contributed by atoms with Crippen molar-refractivity contribution in [2.45, 2.75) is 56.3 Å². The number of carboxylic acids is 1. The van der Waals surface area contributed by atoms with Gasteiger partial charge in [0.05, 0.1) is 12.2 Å². The molecule has 0 aromatic heterocycles. The summed E-state index contributed by atoms with van der Waals surface area (Å²) in [6.07, 6.45) is -20.0. The highest BCUT2D eigenvalue weighted by molar-refractivity contribution is 5.89. The van der Waals surface area contributed by atoms with Crippen LogP contribution in [0, 0.1) is 0 Å². The van der Waals surface area contributed by atoms with Gasteiger partial charge in [-0.3, -0.25) is 4.39 Å². The topological polar surface area (TPSA) is 37.3 Å². The average Bonchev–Trinajstić information content (AvgIpc) is 2.63. The van der Waals surface area contributed by atoms with Crippen molar-refractivity contribution < 1.29 is 40.6 Å². The van der Waals surface area contributed by atoms with Crippen molar-refractivity contribution in [3.8, 4) is 0 Å². The Balaban J connectivity index is 2.75. The van der Waals surface area contributed by atoms with Gasteiger partial charge in [-0.15, -0.1) is 0 Å². The second-order valence-electron chi connectivity index (χ2n) is 5.81. The van der Waals surface area contributed by atoms with Crippen LogP contribution in [-0.2, 0) is 6.42 Å². The molecular weight excluding hydrogens is 369 g/mol. The molecule has 0 aliphatic carbocycles. The summed E-state index contributed by atoms with van der Waals surface area (Å²) in [5.41, 5.74) is -0.492. The molecule has 1 rings (SSSR count). The van der Waals surface area contributed by atoms with Crippen molar-refractivity contribution in [1.29, 1.82) is 0 Å². The number of rotatable bonds is 11. The van der Waals surface area contributed by atoms with Crippen molar-refractivity contribution in [1.82, 2.24) is 0 Å². The molecule has 6 unspecified atom stereocenters. The molecule has 2 nitrogen and oxygen atoms in total. The summed E-state index contributed by atoms with van der Waals surface area (Å²) < 4.78 is 93.9. The summed E-state index contributed by atoms with van der Waals surface area (Å²) >= 11 is 0. The molecule has 0 spiro atoms. The molecule has 26 heavy (non-hydrogen) atoms. The predicted octanol–water partition coefficient (Wildman–Crippen LogP) is 4.71. The fourth-order valence-corrected chi connectivity index (χ4v) is 2.41. The van der Waals surface area contributed by atoms with Gasteiger partial charge in [-0.1, -0.05) is 18.2 Å². The molecule has 0 radical (unpaired) electrons. The van der Waals surface area contributed by atoms with E-state index >= 15 is 0 Å². The van der Waals surface area contributed by atoms with Gasteiger partial charge in [0.25, 0.3) is 0 Å². The van der Waals surface area contributed by atoms with Gasteiger partial charge < -0.3 is 5.11 Å². The SMILES string of the molecule is O=C(O)c1ccccc1CC(F)C(F)C(F)C(F)C(F)C(F)CCCF. The lowest BCUT2D eigenvalue weighted by Crippen LogP contribution is -2.43. The summed E-state index contributed by atoms with van der Waals surface area (Å²) in [5.74, 6) is -1.42. The van der Waals surface area contributed by atoms with Crippen molar-refractivity contribution >= 4 is 5.97 Å². The second-order valence-corrected chi connectivity index (χ2v) is 5.81. The first-order chi connectivity index (χ1) is 12.2. The molecule has 0 heterocycles. The molecule has 0 saturated carbocycles. The number of alkyl halides is 7. The highest BCUT2D eigenvalue weighted by Crippen LogP contribution is 2.27. The van der Waals surface area contributed by atoms with E-state index in [9.17, 15) is 35.5 Å². The van der Waals surface area contributed by atoms with Gasteiger partial charge in [0.1, 0.15) is 12.3 Å². The number of hydrogen-bond acceptors (Lipinski definition) is 1. The number of halogens is 7. The maximum Gasteiger partial charge on any atom is 0.335 e. The molecule has 1 N–H and O–H groups in total. The minimum atomic E-state index is -3.29. The number of benzene rings is 1. The summed E-state index contributed by atoms with van der Waals surface area (Å²) in [4.78, 5) is 11.0. The van der Waals surface area contributed by atoms with Crippen LogP contribution in [0.2, 0.25) is 0 Å². The molecule has 0 aliphatic rings. The first-order valence-corrected chi connectivity index (χ1v) is 7.92. The highest BCUT2D eigenvalue weighted by Gasteiger charge is 2.43. The van der Waals surface area contributed by atoms with E-state index in [4.69, 9.17) is 5.11 Å². The maximum absolute atomic E-state index is 14.0. The fraction of sp³-hybridized carbons (Fsp3) is 0.588. The van der Waals surface area contributed by atoms with Crippen LogP contribution in [0.1, 0.15) is 28.8 Å². The minimum Gasteiger partial charge on any atom is -0.478 e. The quantitative estimate of drug-likeness (QED) is 0.558. The average molecular weight is 388 g/mol. The van der Waals surface area contributed by atoms with Gasteiger partial charge in [0.2, 0.25) is 0 Å². The monoisotopic (exact) mass is 388 g/mol. The Kier molecular flexibility index (Phi) is 8.87. The Morgan fingerprint density at radius 1 is 0.885 bits per heavy atom. The molecule has 0 amide bonds. The van der Waals surface area contributed by atoms with E-state index in [2.05, 4.69) is 0 Å². The molecule has 0 bridgehead atoms. The summed E-state index contributed by atoms with van der Waals surface area (Å²) in [6.45, 7) is -0.982. The first-order valence-electron chi connectivity index (χ1n) is 7.92. The molecule has 1 aromatic carbocycles. The third kappa shape index (κ3) is 5.88. The maximum atomic E-state index is 14.0. The predicted molar refractivity (Wildman–Crippen MR) is 81.7 cm³/mol. The number of hydrogen-bond donors (Lipinski definition) is 1. The van der Waals surface area contributed by atoms with E-state index in [0.29, 0.717) is 0 Å². The van der Waals surface area contributed by atoms with Crippen LogP contribution in [0.5, 0.6) is 0 Å². The zero-order valence-corrected chi connectivity index (χ0v) is 13.6. The molecule has 1 aromatic rings. The minimum absolute atomic E-state index is 0.152. The van der Waals surface area contributed by atoms with Gasteiger partial charge in [-0.2, -0.15) is 0 Å². The van der Waals surface area contributed by atoms with E-state index in [1.165, 1.54) is 18.2 Å². The van der Waals surface area contributed by atoms with Crippen LogP contribution in [0.25, 0.3) is 0 Å². The lowest BCUT2D eigenvalue weighted by Gasteiger charge is -2.24. The van der Waals surface area contributed by atoms with Crippen LogP contribution in [-0.4, -0.2) is 54.8 Å². The molecule has 0 aliphatic heterocycles. The zero-order chi connectivity index (χ0) is 19.9. The Labute approximate surface area is 146 Å². The lowest BCUT2D eigenvalue weighted by molar-refractivity contribution is -0.0214. The van der Waals surface area contributed by atoms with E-state index in [-0.39, 0.29) is 11.1 Å². The second kappa shape index (κ2) is 10.4. The first kappa shape index (κ1) is 22.2.